The van der Waals surface area contributed by atoms with Gasteiger partial charge in [-0.15, -0.1) is 0 Å². The van der Waals surface area contributed by atoms with Gasteiger partial charge in [0.1, 0.15) is 17.9 Å². The summed E-state index contributed by atoms with van der Waals surface area (Å²) < 4.78 is 22.7. The van der Waals surface area contributed by atoms with Crippen molar-refractivity contribution in [3.63, 3.8) is 0 Å². The van der Waals surface area contributed by atoms with E-state index in [1.165, 1.54) is 30.4 Å². The minimum atomic E-state index is -0.289. The van der Waals surface area contributed by atoms with Gasteiger partial charge >= 0.3 is 6.01 Å². The molecule has 4 aliphatic heterocycles. The third-order valence-electron chi connectivity index (χ3n) is 9.05. The molecule has 3 atom stereocenters. The van der Waals surface area contributed by atoms with Gasteiger partial charge in [-0.25, -0.2) is 4.39 Å². The number of ether oxygens (including phenoxy) is 1. The molecule has 1 N–H and O–H groups in total. The monoisotopic (exact) mass is 516 g/mol. The van der Waals surface area contributed by atoms with Crippen molar-refractivity contribution >= 4 is 28.1 Å². The first-order valence-corrected chi connectivity index (χ1v) is 14.3. The largest absolute Gasteiger partial charge is 0.462 e. The zero-order chi connectivity index (χ0) is 25.8. The molecule has 5 heterocycles. The van der Waals surface area contributed by atoms with Crippen LogP contribution in [0, 0.1) is 12.7 Å². The number of halogens is 1. The summed E-state index contributed by atoms with van der Waals surface area (Å²) in [5.41, 5.74) is 4.52. The Morgan fingerprint density at radius 3 is 2.66 bits per heavy atom. The molecule has 0 saturated carbocycles. The molecular weight excluding hydrogens is 479 g/mol. The van der Waals surface area contributed by atoms with Gasteiger partial charge in [0.05, 0.1) is 5.69 Å². The van der Waals surface area contributed by atoms with E-state index in [4.69, 9.17) is 14.7 Å². The number of para-hydroxylation sites is 1. The minimum absolute atomic E-state index is 0.282. The van der Waals surface area contributed by atoms with E-state index in [1.807, 2.05) is 12.1 Å². The maximum Gasteiger partial charge on any atom is 0.319 e. The molecule has 2 bridgehead atoms. The van der Waals surface area contributed by atoms with Gasteiger partial charge in [-0.2, -0.15) is 9.97 Å². The topological polar surface area (TPSA) is 56.8 Å². The number of hydrogen-bond acceptors (Lipinski definition) is 7. The Morgan fingerprint density at radius 1 is 1.03 bits per heavy atom. The van der Waals surface area contributed by atoms with E-state index in [0.717, 1.165) is 62.3 Å². The predicted molar refractivity (Wildman–Crippen MR) is 149 cm³/mol. The smallest absolute Gasteiger partial charge is 0.319 e. The number of nitrogens with zero attached hydrogens (tertiary/aromatic N) is 5. The lowest BCUT2D eigenvalue weighted by Crippen LogP contribution is -2.51. The van der Waals surface area contributed by atoms with Crippen LogP contribution >= 0.6 is 0 Å². The number of likely N-dealkylation sites (N-methyl/N-ethyl adjacent to an activating group) is 1. The van der Waals surface area contributed by atoms with E-state index in [0.29, 0.717) is 35.9 Å². The van der Waals surface area contributed by atoms with Crippen LogP contribution in [0.15, 0.2) is 30.3 Å². The average Bonchev–Trinajstić information content (AvgIpc) is 3.50. The maximum atomic E-state index is 16.5. The molecule has 3 aromatic rings. The lowest BCUT2D eigenvalue weighted by atomic mass is 9.97. The summed E-state index contributed by atoms with van der Waals surface area (Å²) in [6.07, 6.45) is 6.64. The summed E-state index contributed by atoms with van der Waals surface area (Å²) in [5, 5.41) is 4.46. The first-order chi connectivity index (χ1) is 18.5. The highest BCUT2D eigenvalue weighted by atomic mass is 19.1. The first kappa shape index (κ1) is 24.1. The molecule has 0 aliphatic carbocycles. The van der Waals surface area contributed by atoms with Crippen LogP contribution in [-0.4, -0.2) is 72.8 Å². The first-order valence-electron chi connectivity index (χ1n) is 14.3. The second-order valence-electron chi connectivity index (χ2n) is 11.6. The summed E-state index contributed by atoms with van der Waals surface area (Å²) in [6, 6.07) is 11.9. The number of hydrogen-bond donors (Lipinski definition) is 1. The van der Waals surface area contributed by atoms with E-state index in [9.17, 15) is 0 Å². The van der Waals surface area contributed by atoms with Crippen molar-refractivity contribution < 1.29 is 9.13 Å². The average molecular weight is 517 g/mol. The van der Waals surface area contributed by atoms with Crippen LogP contribution in [0.1, 0.15) is 43.2 Å². The molecule has 4 aliphatic rings. The molecule has 3 fully saturated rings. The summed E-state index contributed by atoms with van der Waals surface area (Å²) in [4.78, 5) is 16.4. The van der Waals surface area contributed by atoms with Crippen LogP contribution < -0.4 is 19.9 Å². The molecule has 0 spiro atoms. The van der Waals surface area contributed by atoms with Gasteiger partial charge in [0, 0.05) is 48.8 Å². The zero-order valence-corrected chi connectivity index (χ0v) is 22.4. The Labute approximate surface area is 224 Å². The van der Waals surface area contributed by atoms with Gasteiger partial charge in [0.15, 0.2) is 5.82 Å². The second kappa shape index (κ2) is 9.65. The molecule has 0 unspecified atom stereocenters. The Morgan fingerprint density at radius 2 is 1.87 bits per heavy atom. The molecule has 8 heteroatoms. The summed E-state index contributed by atoms with van der Waals surface area (Å²) in [5.74, 6) is 0.507. The fourth-order valence-electron chi connectivity index (χ4n) is 7.05. The molecule has 38 heavy (non-hydrogen) atoms. The van der Waals surface area contributed by atoms with Crippen molar-refractivity contribution in [2.45, 2.75) is 63.6 Å². The number of fused-ring (bicyclic) bond motifs is 4. The van der Waals surface area contributed by atoms with Crippen LogP contribution in [0.25, 0.3) is 10.9 Å². The van der Waals surface area contributed by atoms with Crippen LogP contribution in [-0.2, 0) is 6.42 Å². The lowest BCUT2D eigenvalue weighted by molar-refractivity contribution is 0.188. The fraction of sp³-hybridized carbons (Fsp3) is 0.533. The highest BCUT2D eigenvalue weighted by molar-refractivity contribution is 5.93. The summed E-state index contributed by atoms with van der Waals surface area (Å²) >= 11 is 0. The van der Waals surface area contributed by atoms with Crippen LogP contribution in [0.3, 0.4) is 0 Å². The third-order valence-corrected chi connectivity index (χ3v) is 9.05. The van der Waals surface area contributed by atoms with E-state index in [2.05, 4.69) is 52.2 Å². The highest BCUT2D eigenvalue weighted by Crippen LogP contribution is 2.40. The Kier molecular flexibility index (Phi) is 6.12. The van der Waals surface area contributed by atoms with Crippen molar-refractivity contribution in [2.24, 2.45) is 0 Å². The molecule has 3 saturated heterocycles. The van der Waals surface area contributed by atoms with Crippen molar-refractivity contribution in [3.8, 4) is 6.01 Å². The zero-order valence-electron chi connectivity index (χ0n) is 22.4. The van der Waals surface area contributed by atoms with Gasteiger partial charge in [0.2, 0.25) is 0 Å². The summed E-state index contributed by atoms with van der Waals surface area (Å²) in [7, 11) is 2.13. The standard InChI is InChI=1S/C30H37FN6O/c1-19-6-3-7-20-8-4-15-37(28(19)20)25-13-12-24-27(26(25)31)33-30(38-18-23-9-5-14-35(23)2)34-29(24)36-16-21-10-11-22(17-36)32-21/h3,6-7,12-13,21-23,32H,4-5,8-11,14-18H2,1-2H3/t21-,22+,23-/m0/s1. The van der Waals surface area contributed by atoms with E-state index in [-0.39, 0.29) is 11.8 Å². The molecule has 0 amide bonds. The quantitative estimate of drug-likeness (QED) is 0.533. The van der Waals surface area contributed by atoms with Gasteiger partial charge in [-0.05, 0) is 82.3 Å². The van der Waals surface area contributed by atoms with E-state index < -0.39 is 0 Å². The van der Waals surface area contributed by atoms with Crippen LogP contribution in [0.2, 0.25) is 0 Å². The number of benzene rings is 2. The van der Waals surface area contributed by atoms with Crippen molar-refractivity contribution in [1.82, 2.24) is 20.2 Å². The predicted octanol–water partition coefficient (Wildman–Crippen LogP) is 4.58. The highest BCUT2D eigenvalue weighted by Gasteiger charge is 2.34. The second-order valence-corrected chi connectivity index (χ2v) is 11.6. The Balaban J connectivity index is 1.31. The lowest BCUT2D eigenvalue weighted by Gasteiger charge is -2.35. The maximum absolute atomic E-state index is 16.5. The van der Waals surface area contributed by atoms with E-state index >= 15 is 4.39 Å². The molecule has 0 radical (unpaired) electrons. The van der Waals surface area contributed by atoms with Gasteiger partial charge in [0.25, 0.3) is 0 Å². The Bertz CT molecular complexity index is 1350. The number of aromatic nitrogens is 2. The molecule has 7 nitrogen and oxygen atoms in total. The van der Waals surface area contributed by atoms with Crippen LogP contribution in [0.5, 0.6) is 6.01 Å². The number of likely N-dealkylation sites (tertiary alicyclic amines) is 1. The van der Waals surface area contributed by atoms with Gasteiger partial charge in [-0.1, -0.05) is 18.2 Å². The number of rotatable bonds is 5. The number of aryl methyl sites for hydroxylation is 2. The molecule has 1 aromatic heterocycles. The molecule has 7 rings (SSSR count). The van der Waals surface area contributed by atoms with Crippen molar-refractivity contribution in [1.29, 1.82) is 0 Å². The van der Waals surface area contributed by atoms with Crippen molar-refractivity contribution in [2.75, 3.05) is 49.6 Å². The minimum Gasteiger partial charge on any atom is -0.462 e. The van der Waals surface area contributed by atoms with Crippen LogP contribution in [0.4, 0.5) is 21.6 Å². The van der Waals surface area contributed by atoms with Crippen molar-refractivity contribution in [3.05, 3.63) is 47.3 Å². The molecule has 2 aromatic carbocycles. The molecule has 200 valence electrons. The van der Waals surface area contributed by atoms with Gasteiger partial charge in [-0.3, -0.25) is 0 Å². The number of nitrogens with one attached hydrogen (secondary N) is 1. The van der Waals surface area contributed by atoms with Gasteiger partial charge < -0.3 is 24.8 Å². The SMILES string of the molecule is Cc1cccc2c1N(c1ccc3c(N4C[C@H]5CC[C@@H](C4)N5)nc(OC[C@@H]4CCCN4C)nc3c1F)CCC2. The third kappa shape index (κ3) is 4.18. The number of piperazine rings is 1. The fourth-order valence-corrected chi connectivity index (χ4v) is 7.05. The van der Waals surface area contributed by atoms with E-state index in [1.54, 1.807) is 0 Å². The number of anilines is 3. The summed E-state index contributed by atoms with van der Waals surface area (Å²) in [6.45, 7) is 6.24. The normalized spacial score (nSPS) is 25.3. The molecular formula is C30H37FN6O. The Hall–Kier alpha value is -2.97.